The molecule has 0 saturated carbocycles. The minimum atomic E-state index is -0.653. The van der Waals surface area contributed by atoms with Gasteiger partial charge in [-0.15, -0.1) is 0 Å². The van der Waals surface area contributed by atoms with Crippen LogP contribution in [0.2, 0.25) is 0 Å². The first-order valence-electron chi connectivity index (χ1n) is 10.8. The maximum Gasteiger partial charge on any atom is 0.321 e. The number of hydrogen-bond acceptors (Lipinski definition) is 5. The number of carbonyl (C=O) groups excluding carboxylic acids is 2. The van der Waals surface area contributed by atoms with Crippen LogP contribution < -0.4 is 5.32 Å². The van der Waals surface area contributed by atoms with E-state index in [1.165, 1.54) is 6.07 Å². The van der Waals surface area contributed by atoms with Crippen molar-refractivity contribution in [3.63, 3.8) is 0 Å². The Morgan fingerprint density at radius 2 is 1.79 bits per heavy atom. The first-order valence-corrected chi connectivity index (χ1v) is 10.8. The second-order valence-corrected chi connectivity index (χ2v) is 8.77. The van der Waals surface area contributed by atoms with Gasteiger partial charge in [0.05, 0.1) is 5.41 Å². The standard InChI is InChI=1S/C24H24FN5O3/c1-15-19(25)9-6-10-20(15)27-23(32)30-12-18-11-29(21(31)17-7-4-3-5-8-17)13-24(18,14-30)22-26-16(2)28-33-22/h3-10,18H,11-14H2,1-2H3,(H,27,32). The van der Waals surface area contributed by atoms with Crippen LogP contribution in [0.5, 0.6) is 0 Å². The van der Waals surface area contributed by atoms with E-state index in [9.17, 15) is 14.0 Å². The molecule has 0 spiro atoms. The van der Waals surface area contributed by atoms with Crippen LogP contribution >= 0.6 is 0 Å². The number of hydrogen-bond donors (Lipinski definition) is 1. The van der Waals surface area contributed by atoms with Gasteiger partial charge in [-0.3, -0.25) is 4.79 Å². The zero-order chi connectivity index (χ0) is 23.2. The molecule has 9 heteroatoms. The predicted molar refractivity (Wildman–Crippen MR) is 118 cm³/mol. The Balaban J connectivity index is 1.40. The van der Waals surface area contributed by atoms with Crippen molar-refractivity contribution in [1.29, 1.82) is 0 Å². The predicted octanol–water partition coefficient (Wildman–Crippen LogP) is 3.38. The van der Waals surface area contributed by atoms with E-state index in [2.05, 4.69) is 15.5 Å². The zero-order valence-corrected chi connectivity index (χ0v) is 18.4. The summed E-state index contributed by atoms with van der Waals surface area (Å²) in [6.07, 6.45) is 0. The molecule has 0 bridgehead atoms. The molecule has 33 heavy (non-hydrogen) atoms. The first kappa shape index (κ1) is 21.1. The lowest BCUT2D eigenvalue weighted by Crippen LogP contribution is -2.42. The van der Waals surface area contributed by atoms with E-state index in [1.54, 1.807) is 47.9 Å². The molecule has 0 aliphatic carbocycles. The minimum absolute atomic E-state index is 0.0630. The lowest BCUT2D eigenvalue weighted by atomic mass is 9.81. The molecule has 2 atom stereocenters. The molecule has 2 aromatic carbocycles. The molecule has 3 aromatic rings. The van der Waals surface area contributed by atoms with E-state index < -0.39 is 5.41 Å². The summed E-state index contributed by atoms with van der Waals surface area (Å²) in [7, 11) is 0. The number of fused-ring (bicyclic) bond motifs is 1. The molecular weight excluding hydrogens is 425 g/mol. The molecule has 2 unspecified atom stereocenters. The van der Waals surface area contributed by atoms with Crippen LogP contribution in [0.4, 0.5) is 14.9 Å². The molecule has 170 valence electrons. The van der Waals surface area contributed by atoms with E-state index in [-0.39, 0.29) is 23.7 Å². The third-order valence-corrected chi connectivity index (χ3v) is 6.67. The highest BCUT2D eigenvalue weighted by Crippen LogP contribution is 2.45. The average molecular weight is 449 g/mol. The van der Waals surface area contributed by atoms with Gasteiger partial charge < -0.3 is 19.6 Å². The largest absolute Gasteiger partial charge is 0.339 e. The number of aryl methyl sites for hydroxylation is 1. The quantitative estimate of drug-likeness (QED) is 0.662. The second kappa shape index (κ2) is 7.99. The van der Waals surface area contributed by atoms with Gasteiger partial charge in [0.2, 0.25) is 5.89 Å². The summed E-state index contributed by atoms with van der Waals surface area (Å²) in [4.78, 5) is 34.1. The average Bonchev–Trinajstić information content (AvgIpc) is 3.50. The van der Waals surface area contributed by atoms with Crippen molar-refractivity contribution in [2.75, 3.05) is 31.5 Å². The van der Waals surface area contributed by atoms with Gasteiger partial charge in [0.15, 0.2) is 5.82 Å². The summed E-state index contributed by atoms with van der Waals surface area (Å²) in [6, 6.07) is 13.4. The smallest absolute Gasteiger partial charge is 0.321 e. The molecule has 2 fully saturated rings. The lowest BCUT2D eigenvalue weighted by Gasteiger charge is -2.26. The van der Waals surface area contributed by atoms with Gasteiger partial charge >= 0.3 is 6.03 Å². The maximum absolute atomic E-state index is 13.9. The molecule has 2 saturated heterocycles. The summed E-state index contributed by atoms with van der Waals surface area (Å²) in [6.45, 7) is 4.94. The van der Waals surface area contributed by atoms with Gasteiger partial charge in [-0.25, -0.2) is 9.18 Å². The number of nitrogens with one attached hydrogen (secondary N) is 1. The van der Waals surface area contributed by atoms with Crippen LogP contribution in [-0.4, -0.2) is 58.1 Å². The van der Waals surface area contributed by atoms with Crippen LogP contribution in [0, 0.1) is 25.6 Å². The number of urea groups is 1. The van der Waals surface area contributed by atoms with Gasteiger partial charge in [-0.05, 0) is 38.1 Å². The van der Waals surface area contributed by atoms with Crippen molar-refractivity contribution in [2.24, 2.45) is 5.92 Å². The van der Waals surface area contributed by atoms with E-state index in [4.69, 9.17) is 4.52 Å². The molecule has 3 heterocycles. The monoisotopic (exact) mass is 449 g/mol. The maximum atomic E-state index is 13.9. The number of nitrogens with zero attached hydrogens (tertiary/aromatic N) is 4. The number of amides is 3. The van der Waals surface area contributed by atoms with E-state index in [1.807, 2.05) is 18.2 Å². The van der Waals surface area contributed by atoms with Crippen LogP contribution in [0.1, 0.15) is 27.6 Å². The zero-order valence-electron chi connectivity index (χ0n) is 18.4. The Morgan fingerprint density at radius 1 is 1.06 bits per heavy atom. The molecular formula is C24H24FN5O3. The van der Waals surface area contributed by atoms with Crippen molar-refractivity contribution in [1.82, 2.24) is 19.9 Å². The fraction of sp³-hybridized carbons (Fsp3) is 0.333. The number of aromatic nitrogens is 2. The summed E-state index contributed by atoms with van der Waals surface area (Å²) >= 11 is 0. The topological polar surface area (TPSA) is 91.6 Å². The molecule has 2 aliphatic rings. The number of rotatable bonds is 3. The van der Waals surface area contributed by atoms with Crippen LogP contribution in [0.3, 0.4) is 0 Å². The first-order chi connectivity index (χ1) is 15.9. The summed E-state index contributed by atoms with van der Waals surface area (Å²) in [5.41, 5.74) is 0.776. The van der Waals surface area contributed by atoms with Crippen LogP contribution in [0.25, 0.3) is 0 Å². The third-order valence-electron chi connectivity index (χ3n) is 6.67. The highest BCUT2D eigenvalue weighted by Gasteiger charge is 2.58. The summed E-state index contributed by atoms with van der Waals surface area (Å²) < 4.78 is 19.5. The number of benzene rings is 2. The van der Waals surface area contributed by atoms with Crippen molar-refractivity contribution in [3.8, 4) is 0 Å². The lowest BCUT2D eigenvalue weighted by molar-refractivity contribution is 0.0770. The SMILES string of the molecule is Cc1noc(C23CN(C(=O)Nc4cccc(F)c4C)CC2CN(C(=O)c2ccccc2)C3)n1. The number of likely N-dealkylation sites (tertiary alicyclic amines) is 2. The molecule has 1 aromatic heterocycles. The Labute approximate surface area is 190 Å². The van der Waals surface area contributed by atoms with E-state index >= 15 is 0 Å². The minimum Gasteiger partial charge on any atom is -0.339 e. The van der Waals surface area contributed by atoms with E-state index in [0.29, 0.717) is 54.7 Å². The van der Waals surface area contributed by atoms with Crippen molar-refractivity contribution < 1.29 is 18.5 Å². The van der Waals surface area contributed by atoms with Gasteiger partial charge in [0, 0.05) is 48.9 Å². The molecule has 8 nitrogen and oxygen atoms in total. The highest BCUT2D eigenvalue weighted by molar-refractivity contribution is 5.95. The molecule has 1 N–H and O–H groups in total. The van der Waals surface area contributed by atoms with Crippen molar-refractivity contribution in [2.45, 2.75) is 19.3 Å². The Kier molecular flexibility index (Phi) is 5.11. The Bertz CT molecular complexity index is 1210. The highest BCUT2D eigenvalue weighted by atomic mass is 19.1. The van der Waals surface area contributed by atoms with Crippen molar-refractivity contribution in [3.05, 3.63) is 77.2 Å². The number of carbonyl (C=O) groups is 2. The van der Waals surface area contributed by atoms with Crippen LogP contribution in [0.15, 0.2) is 53.1 Å². The van der Waals surface area contributed by atoms with E-state index in [0.717, 1.165) is 0 Å². The molecule has 3 amide bonds. The van der Waals surface area contributed by atoms with Gasteiger partial charge in [-0.2, -0.15) is 4.98 Å². The molecule has 2 aliphatic heterocycles. The third kappa shape index (κ3) is 3.63. The second-order valence-electron chi connectivity index (χ2n) is 8.77. The summed E-state index contributed by atoms with van der Waals surface area (Å²) in [5.74, 6) is 0.435. The fourth-order valence-corrected chi connectivity index (χ4v) is 4.88. The number of anilines is 1. The van der Waals surface area contributed by atoms with Gasteiger partial charge in [0.25, 0.3) is 5.91 Å². The van der Waals surface area contributed by atoms with Crippen LogP contribution in [-0.2, 0) is 5.41 Å². The number of halogens is 1. The van der Waals surface area contributed by atoms with Gasteiger partial charge in [-0.1, -0.05) is 29.4 Å². The normalized spacial score (nSPS) is 21.8. The Hall–Kier alpha value is -3.75. The van der Waals surface area contributed by atoms with Crippen molar-refractivity contribution >= 4 is 17.6 Å². The van der Waals surface area contributed by atoms with Gasteiger partial charge in [0.1, 0.15) is 5.82 Å². The fourth-order valence-electron chi connectivity index (χ4n) is 4.88. The Morgan fingerprint density at radius 3 is 2.52 bits per heavy atom. The molecule has 5 rings (SSSR count). The summed E-state index contributed by atoms with van der Waals surface area (Å²) in [5, 5.41) is 6.77. The molecule has 0 radical (unpaired) electrons.